The van der Waals surface area contributed by atoms with Crippen LogP contribution in [0.5, 0.6) is 0 Å². The maximum Gasteiger partial charge on any atom is 0.263 e. The van der Waals surface area contributed by atoms with Crippen LogP contribution in [-0.2, 0) is 21.4 Å². The number of nitrogens with one attached hydrogen (secondary N) is 1. The van der Waals surface area contributed by atoms with Gasteiger partial charge in [-0.3, -0.25) is 4.72 Å². The molecule has 3 aromatic rings. The molecule has 0 radical (unpaired) electrons. The van der Waals surface area contributed by atoms with E-state index in [9.17, 15) is 8.42 Å². The van der Waals surface area contributed by atoms with Crippen LogP contribution in [-0.4, -0.2) is 20.2 Å². The van der Waals surface area contributed by atoms with Gasteiger partial charge in [0.25, 0.3) is 10.0 Å². The van der Waals surface area contributed by atoms with Crippen molar-refractivity contribution < 1.29 is 17.7 Å². The standard InChI is InChI=1S/C19H20N2O4S/c1-3-24-13-15-8-4-5-9-16(15)17-10-6-7-11-18(17)26(22,23)21-19-12-14(2)25-20-19/h4-12H,3,13H2,1-2H3,(H,20,21). The Morgan fingerprint density at radius 1 is 1.08 bits per heavy atom. The number of hydrogen-bond acceptors (Lipinski definition) is 5. The Morgan fingerprint density at radius 3 is 2.46 bits per heavy atom. The predicted octanol–water partition coefficient (Wildman–Crippen LogP) is 3.99. The summed E-state index contributed by atoms with van der Waals surface area (Å²) in [4.78, 5) is 0.171. The zero-order valence-electron chi connectivity index (χ0n) is 14.6. The second-order valence-corrected chi connectivity index (χ2v) is 7.37. The normalized spacial score (nSPS) is 11.5. The third-order valence-electron chi connectivity index (χ3n) is 3.81. The van der Waals surface area contributed by atoms with Gasteiger partial charge in [0.05, 0.1) is 11.5 Å². The average Bonchev–Trinajstić information content (AvgIpc) is 3.04. The molecule has 0 saturated carbocycles. The van der Waals surface area contributed by atoms with Crippen LogP contribution in [0.1, 0.15) is 18.2 Å². The van der Waals surface area contributed by atoms with Gasteiger partial charge in [-0.2, -0.15) is 0 Å². The van der Waals surface area contributed by atoms with E-state index in [4.69, 9.17) is 9.26 Å². The molecule has 1 N–H and O–H groups in total. The summed E-state index contributed by atoms with van der Waals surface area (Å²) in [6, 6.07) is 16.0. The van der Waals surface area contributed by atoms with Crippen molar-refractivity contribution in [3.05, 3.63) is 65.9 Å². The van der Waals surface area contributed by atoms with Crippen LogP contribution < -0.4 is 4.72 Å². The minimum Gasteiger partial charge on any atom is -0.377 e. The van der Waals surface area contributed by atoms with Crippen molar-refractivity contribution in [2.24, 2.45) is 0 Å². The van der Waals surface area contributed by atoms with Gasteiger partial charge in [-0.15, -0.1) is 0 Å². The van der Waals surface area contributed by atoms with E-state index in [2.05, 4.69) is 9.88 Å². The van der Waals surface area contributed by atoms with Crippen LogP contribution in [0.25, 0.3) is 11.1 Å². The zero-order valence-corrected chi connectivity index (χ0v) is 15.4. The molecule has 0 atom stereocenters. The highest BCUT2D eigenvalue weighted by Crippen LogP contribution is 2.31. The second kappa shape index (κ2) is 7.72. The highest BCUT2D eigenvalue weighted by Gasteiger charge is 2.21. The van der Waals surface area contributed by atoms with E-state index in [1.807, 2.05) is 37.3 Å². The van der Waals surface area contributed by atoms with Crippen molar-refractivity contribution >= 4 is 15.8 Å². The third kappa shape index (κ3) is 3.95. The maximum absolute atomic E-state index is 12.9. The van der Waals surface area contributed by atoms with E-state index in [0.29, 0.717) is 24.5 Å². The third-order valence-corrected chi connectivity index (χ3v) is 5.23. The van der Waals surface area contributed by atoms with Crippen LogP contribution in [0.3, 0.4) is 0 Å². The Morgan fingerprint density at radius 2 is 1.77 bits per heavy atom. The van der Waals surface area contributed by atoms with E-state index < -0.39 is 10.0 Å². The van der Waals surface area contributed by atoms with Crippen molar-refractivity contribution in [2.75, 3.05) is 11.3 Å². The van der Waals surface area contributed by atoms with Crippen molar-refractivity contribution in [3.63, 3.8) is 0 Å². The molecule has 0 unspecified atom stereocenters. The number of aryl methyl sites for hydroxylation is 1. The summed E-state index contributed by atoms with van der Waals surface area (Å²) < 4.78 is 38.7. The van der Waals surface area contributed by atoms with Crippen molar-refractivity contribution in [1.82, 2.24) is 5.16 Å². The molecule has 6 nitrogen and oxygen atoms in total. The fourth-order valence-electron chi connectivity index (χ4n) is 2.65. The molecular weight excluding hydrogens is 352 g/mol. The first-order valence-electron chi connectivity index (χ1n) is 8.22. The molecule has 136 valence electrons. The second-order valence-electron chi connectivity index (χ2n) is 5.72. The Balaban J connectivity index is 2.04. The lowest BCUT2D eigenvalue weighted by molar-refractivity contribution is 0.134. The summed E-state index contributed by atoms with van der Waals surface area (Å²) in [5.41, 5.74) is 2.35. The van der Waals surface area contributed by atoms with Gasteiger partial charge in [0.15, 0.2) is 5.82 Å². The van der Waals surface area contributed by atoms with Crippen molar-refractivity contribution in [1.29, 1.82) is 0 Å². The SMILES string of the molecule is CCOCc1ccccc1-c1ccccc1S(=O)(=O)Nc1cc(C)on1. The Kier molecular flexibility index (Phi) is 5.39. The van der Waals surface area contributed by atoms with Crippen LogP contribution >= 0.6 is 0 Å². The van der Waals surface area contributed by atoms with Gasteiger partial charge in [-0.25, -0.2) is 8.42 Å². The van der Waals surface area contributed by atoms with E-state index in [-0.39, 0.29) is 10.7 Å². The van der Waals surface area contributed by atoms with Gasteiger partial charge in [-0.1, -0.05) is 47.6 Å². The van der Waals surface area contributed by atoms with Gasteiger partial charge >= 0.3 is 0 Å². The van der Waals surface area contributed by atoms with Gasteiger partial charge in [0, 0.05) is 18.2 Å². The predicted molar refractivity (Wildman–Crippen MR) is 99.3 cm³/mol. The molecule has 0 spiro atoms. The largest absolute Gasteiger partial charge is 0.377 e. The molecule has 3 rings (SSSR count). The summed E-state index contributed by atoms with van der Waals surface area (Å²) >= 11 is 0. The van der Waals surface area contributed by atoms with Gasteiger partial charge in [0.1, 0.15) is 5.76 Å². The zero-order chi connectivity index (χ0) is 18.6. The summed E-state index contributed by atoms with van der Waals surface area (Å²) in [5.74, 6) is 0.679. The monoisotopic (exact) mass is 372 g/mol. The van der Waals surface area contributed by atoms with Gasteiger partial charge < -0.3 is 9.26 Å². The minimum atomic E-state index is -3.83. The Bertz CT molecular complexity index is 996. The van der Waals surface area contributed by atoms with E-state index >= 15 is 0 Å². The first kappa shape index (κ1) is 18.2. The quantitative estimate of drug-likeness (QED) is 0.678. The minimum absolute atomic E-state index is 0.153. The molecule has 0 saturated heterocycles. The highest BCUT2D eigenvalue weighted by atomic mass is 32.2. The van der Waals surface area contributed by atoms with Gasteiger partial charge in [-0.05, 0) is 31.0 Å². The highest BCUT2D eigenvalue weighted by molar-refractivity contribution is 7.92. The van der Waals surface area contributed by atoms with Crippen LogP contribution in [0.2, 0.25) is 0 Å². The van der Waals surface area contributed by atoms with Crippen molar-refractivity contribution in [3.8, 4) is 11.1 Å². The van der Waals surface area contributed by atoms with E-state index in [1.165, 1.54) is 6.07 Å². The summed E-state index contributed by atoms with van der Waals surface area (Å²) in [6.45, 7) is 4.62. The molecule has 0 aliphatic carbocycles. The number of sulfonamides is 1. The molecule has 7 heteroatoms. The number of ether oxygens (including phenoxy) is 1. The number of aromatic nitrogens is 1. The topological polar surface area (TPSA) is 81.4 Å². The number of benzene rings is 2. The first-order valence-corrected chi connectivity index (χ1v) is 9.71. The lowest BCUT2D eigenvalue weighted by Crippen LogP contribution is -2.14. The Hall–Kier alpha value is -2.64. The van der Waals surface area contributed by atoms with Crippen LogP contribution in [0, 0.1) is 6.92 Å². The number of nitrogens with zero attached hydrogens (tertiary/aromatic N) is 1. The number of rotatable bonds is 7. The van der Waals surface area contributed by atoms with Crippen LogP contribution in [0.4, 0.5) is 5.82 Å². The molecule has 26 heavy (non-hydrogen) atoms. The summed E-state index contributed by atoms with van der Waals surface area (Å²) in [5, 5.41) is 3.70. The van der Waals surface area contributed by atoms with E-state index in [1.54, 1.807) is 25.1 Å². The molecule has 0 bridgehead atoms. The molecule has 1 heterocycles. The number of hydrogen-bond donors (Lipinski definition) is 1. The molecule has 0 amide bonds. The number of anilines is 1. The lowest BCUT2D eigenvalue weighted by atomic mass is 10.0. The summed E-state index contributed by atoms with van der Waals surface area (Å²) in [7, 11) is -3.83. The van der Waals surface area contributed by atoms with E-state index in [0.717, 1.165) is 11.1 Å². The maximum atomic E-state index is 12.9. The fraction of sp³-hybridized carbons (Fsp3) is 0.211. The molecular formula is C19H20N2O4S. The molecule has 2 aromatic carbocycles. The van der Waals surface area contributed by atoms with Crippen molar-refractivity contribution in [2.45, 2.75) is 25.3 Å². The Labute approximate surface area is 152 Å². The molecule has 0 aliphatic heterocycles. The lowest BCUT2D eigenvalue weighted by Gasteiger charge is -2.14. The molecule has 0 fully saturated rings. The fourth-order valence-corrected chi connectivity index (χ4v) is 3.86. The average molecular weight is 372 g/mol. The molecule has 0 aliphatic rings. The first-order chi connectivity index (χ1) is 12.5. The van der Waals surface area contributed by atoms with Gasteiger partial charge in [0.2, 0.25) is 0 Å². The van der Waals surface area contributed by atoms with Crippen LogP contribution in [0.15, 0.2) is 64.0 Å². The smallest absolute Gasteiger partial charge is 0.263 e. The molecule has 1 aromatic heterocycles. The summed E-state index contributed by atoms with van der Waals surface area (Å²) in [6.07, 6.45) is 0.